The van der Waals surface area contributed by atoms with Gasteiger partial charge < -0.3 is 10.2 Å². The number of benzene rings is 1. The van der Waals surface area contributed by atoms with Gasteiger partial charge in [0.25, 0.3) is 0 Å². The van der Waals surface area contributed by atoms with E-state index < -0.39 is 0 Å². The minimum atomic E-state index is 0.600. The van der Waals surface area contributed by atoms with Gasteiger partial charge in [-0.25, -0.2) is 4.99 Å². The highest BCUT2D eigenvalue weighted by Gasteiger charge is 2.16. The van der Waals surface area contributed by atoms with Gasteiger partial charge in [-0.2, -0.15) is 0 Å². The molecule has 0 saturated heterocycles. The summed E-state index contributed by atoms with van der Waals surface area (Å²) in [5.41, 5.74) is 12.4. The van der Waals surface area contributed by atoms with Gasteiger partial charge in [0.05, 0.1) is 11.4 Å². The van der Waals surface area contributed by atoms with Crippen LogP contribution in [0.25, 0.3) is 11.6 Å². The van der Waals surface area contributed by atoms with Gasteiger partial charge in [0.1, 0.15) is 0 Å². The summed E-state index contributed by atoms with van der Waals surface area (Å²) in [5, 5.41) is 0.741. The Morgan fingerprint density at radius 3 is 2.64 bits per heavy atom. The lowest BCUT2D eigenvalue weighted by atomic mass is 10.0. The molecule has 0 radical (unpaired) electrons. The Hall–Kier alpha value is -2.30. The van der Waals surface area contributed by atoms with E-state index in [1.54, 1.807) is 0 Å². The zero-order valence-corrected chi connectivity index (χ0v) is 15.3. The van der Waals surface area contributed by atoms with Crippen molar-refractivity contribution < 1.29 is 0 Å². The van der Waals surface area contributed by atoms with Crippen molar-refractivity contribution >= 4 is 36.9 Å². The van der Waals surface area contributed by atoms with Crippen LogP contribution in [0.15, 0.2) is 71.0 Å². The van der Waals surface area contributed by atoms with Crippen molar-refractivity contribution in [1.82, 2.24) is 4.48 Å². The minimum absolute atomic E-state index is 0.600. The lowest BCUT2D eigenvalue weighted by molar-refractivity contribution is 0.997. The van der Waals surface area contributed by atoms with Crippen LogP contribution >= 0.6 is 11.6 Å². The Kier molecular flexibility index (Phi) is 5.42. The quantitative estimate of drug-likeness (QED) is 0.822. The van der Waals surface area contributed by atoms with Crippen LogP contribution in [0, 0.1) is 0 Å². The summed E-state index contributed by atoms with van der Waals surface area (Å²) in [4.78, 5) is 4.84. The van der Waals surface area contributed by atoms with Gasteiger partial charge in [-0.3, -0.25) is 0 Å². The van der Waals surface area contributed by atoms with Crippen LogP contribution in [-0.4, -0.2) is 24.7 Å². The fourth-order valence-corrected chi connectivity index (χ4v) is 3.10. The van der Waals surface area contributed by atoms with Crippen molar-refractivity contribution in [1.29, 1.82) is 0 Å². The number of halogens is 1. The van der Waals surface area contributed by atoms with Crippen molar-refractivity contribution in [2.45, 2.75) is 13.3 Å². The molecule has 1 aliphatic rings. The van der Waals surface area contributed by atoms with E-state index in [2.05, 4.69) is 23.5 Å². The van der Waals surface area contributed by atoms with Gasteiger partial charge in [0.2, 0.25) is 7.98 Å². The highest BCUT2D eigenvalue weighted by molar-refractivity contribution is 6.30. The maximum Gasteiger partial charge on any atom is 0.223 e. The smallest absolute Gasteiger partial charge is 0.223 e. The molecule has 0 unspecified atom stereocenters. The van der Waals surface area contributed by atoms with Gasteiger partial charge in [-0.15, -0.1) is 0 Å². The molecule has 0 spiro atoms. The number of aromatic nitrogens is 1. The average Bonchev–Trinajstić information content (AvgIpc) is 3.18. The minimum Gasteiger partial charge on any atom is -0.399 e. The highest BCUT2D eigenvalue weighted by atomic mass is 35.5. The molecule has 3 nitrogen and oxygen atoms in total. The van der Waals surface area contributed by atoms with Crippen LogP contribution in [-0.2, 0) is 0 Å². The molecule has 2 N–H and O–H groups in total. The molecule has 1 aromatic heterocycles. The Bertz CT molecular complexity index is 886. The first kappa shape index (κ1) is 17.5. The number of nitrogens with two attached hydrogens (primary N) is 1. The molecule has 1 aliphatic heterocycles. The van der Waals surface area contributed by atoms with E-state index in [1.807, 2.05) is 56.7 Å². The standard InChI is InChI=1S/C20H21BClN3/c1-14-13-17(9-6-15-4-7-16(22)8-5-15)24-20(14)18(10-11-23)19-3-2-12-25(19)21/h2-9,12-13H,10-11,21,23H2,1H3/b9-6+,20-18-. The molecule has 126 valence electrons. The number of rotatable bonds is 5. The normalized spacial score (nSPS) is 16.3. The Morgan fingerprint density at radius 2 is 2.00 bits per heavy atom. The first-order valence-electron chi connectivity index (χ1n) is 8.34. The summed E-state index contributed by atoms with van der Waals surface area (Å²) in [6, 6.07) is 11.9. The molecule has 0 atom stereocenters. The lowest BCUT2D eigenvalue weighted by Gasteiger charge is -2.11. The van der Waals surface area contributed by atoms with Gasteiger partial charge >= 0.3 is 0 Å². The van der Waals surface area contributed by atoms with E-state index in [-0.39, 0.29) is 0 Å². The molecule has 0 amide bonds. The fraction of sp³-hybridized carbons (Fsp3) is 0.150. The number of nitrogens with zero attached hydrogens (tertiary/aromatic N) is 2. The molecule has 0 saturated carbocycles. The largest absolute Gasteiger partial charge is 0.399 e. The van der Waals surface area contributed by atoms with Gasteiger partial charge in [0.15, 0.2) is 0 Å². The molecule has 0 fully saturated rings. The second-order valence-corrected chi connectivity index (χ2v) is 6.56. The second-order valence-electron chi connectivity index (χ2n) is 6.12. The van der Waals surface area contributed by atoms with E-state index in [0.29, 0.717) is 6.54 Å². The highest BCUT2D eigenvalue weighted by Crippen LogP contribution is 2.30. The molecule has 2 heterocycles. The Morgan fingerprint density at radius 1 is 1.24 bits per heavy atom. The summed E-state index contributed by atoms with van der Waals surface area (Å²) >= 11 is 5.93. The van der Waals surface area contributed by atoms with E-state index in [1.165, 1.54) is 16.8 Å². The van der Waals surface area contributed by atoms with Crippen LogP contribution in [0.2, 0.25) is 5.02 Å². The topological polar surface area (TPSA) is 43.3 Å². The first-order chi connectivity index (χ1) is 12.1. The first-order valence-corrected chi connectivity index (χ1v) is 8.72. The summed E-state index contributed by atoms with van der Waals surface area (Å²) < 4.78 is 2.11. The molecule has 0 bridgehead atoms. The Labute approximate surface area is 154 Å². The molecule has 0 aliphatic carbocycles. The molecular weight excluding hydrogens is 329 g/mol. The van der Waals surface area contributed by atoms with Crippen LogP contribution < -0.4 is 5.73 Å². The monoisotopic (exact) mass is 349 g/mol. The van der Waals surface area contributed by atoms with Crippen LogP contribution in [0.4, 0.5) is 0 Å². The van der Waals surface area contributed by atoms with Crippen molar-refractivity contribution in [2.75, 3.05) is 6.54 Å². The molecular formula is C20H21BClN3. The summed E-state index contributed by atoms with van der Waals surface area (Å²) in [5.74, 6) is 0. The van der Waals surface area contributed by atoms with Crippen LogP contribution in [0.1, 0.15) is 24.6 Å². The van der Waals surface area contributed by atoms with Crippen molar-refractivity contribution in [2.24, 2.45) is 10.7 Å². The summed E-state index contributed by atoms with van der Waals surface area (Å²) in [7, 11) is 2.05. The summed E-state index contributed by atoms with van der Waals surface area (Å²) in [6.07, 6.45) is 9.04. The van der Waals surface area contributed by atoms with E-state index >= 15 is 0 Å². The molecule has 1 aromatic carbocycles. The molecule has 25 heavy (non-hydrogen) atoms. The summed E-state index contributed by atoms with van der Waals surface area (Å²) in [6.45, 7) is 2.70. The molecule has 5 heteroatoms. The van der Waals surface area contributed by atoms with Gasteiger partial charge in [0, 0.05) is 16.3 Å². The van der Waals surface area contributed by atoms with Crippen LogP contribution in [0.3, 0.4) is 0 Å². The van der Waals surface area contributed by atoms with Gasteiger partial charge in [-0.05, 0) is 73.6 Å². The van der Waals surface area contributed by atoms with Gasteiger partial charge in [-0.1, -0.05) is 29.8 Å². The zero-order chi connectivity index (χ0) is 17.8. The fourth-order valence-electron chi connectivity index (χ4n) is 2.97. The van der Waals surface area contributed by atoms with Crippen molar-refractivity contribution in [3.8, 4) is 0 Å². The third-order valence-corrected chi connectivity index (χ3v) is 4.48. The third kappa shape index (κ3) is 4.03. The number of hydrogen-bond acceptors (Lipinski definition) is 2. The zero-order valence-electron chi connectivity index (χ0n) is 14.5. The lowest BCUT2D eigenvalue weighted by Crippen LogP contribution is -2.05. The maximum absolute atomic E-state index is 5.93. The predicted octanol–water partition coefficient (Wildman–Crippen LogP) is 3.71. The average molecular weight is 350 g/mol. The molecule has 2 aromatic rings. The third-order valence-electron chi connectivity index (χ3n) is 4.23. The number of aliphatic imine (C=N–C) groups is 1. The predicted molar refractivity (Wildman–Crippen MR) is 111 cm³/mol. The Balaban J connectivity index is 1.93. The number of allylic oxidation sites excluding steroid dienone is 3. The van der Waals surface area contributed by atoms with Crippen LogP contribution in [0.5, 0.6) is 0 Å². The van der Waals surface area contributed by atoms with Crippen molar-refractivity contribution in [3.63, 3.8) is 0 Å². The van der Waals surface area contributed by atoms with E-state index in [4.69, 9.17) is 22.3 Å². The second kappa shape index (κ2) is 7.73. The maximum atomic E-state index is 5.93. The van der Waals surface area contributed by atoms with E-state index in [0.717, 1.165) is 28.4 Å². The number of hydrogen-bond donors (Lipinski definition) is 1. The van der Waals surface area contributed by atoms with Crippen molar-refractivity contribution in [3.05, 3.63) is 82.3 Å². The van der Waals surface area contributed by atoms with E-state index in [9.17, 15) is 0 Å². The molecule has 3 rings (SSSR count). The SMILES string of the molecule is Bn1cccc1/C(CCN)=C1N=C(/C=C/c2ccc(Cl)cc2)C=C\1C.